The van der Waals surface area contributed by atoms with Crippen molar-refractivity contribution in [1.29, 1.82) is 0 Å². The Morgan fingerprint density at radius 2 is 1.88 bits per heavy atom. The molecule has 0 radical (unpaired) electrons. The molecule has 0 amide bonds. The number of hydrogen-bond acceptors (Lipinski definition) is 6. The number of nitrogens with zero attached hydrogens (tertiary/aromatic N) is 4. The molecule has 3 heterocycles. The zero-order valence-corrected chi connectivity index (χ0v) is 15.3. The highest BCUT2D eigenvalue weighted by Gasteiger charge is 2.25. The summed E-state index contributed by atoms with van der Waals surface area (Å²) in [7, 11) is 0. The van der Waals surface area contributed by atoms with Crippen molar-refractivity contribution in [1.82, 2.24) is 19.9 Å². The molecule has 1 saturated heterocycles. The Bertz CT molecular complexity index is 762. The standard InChI is InChI=1S/C19H28N6/c1-12-10-13(2)21-18-16(12)17(20)23-19(24-18)22-15-6-8-25(9-7-15)11-14-4-3-5-14/h10,14-15H,3-9,11H2,1-2H3,(H3,20,21,22,23,24). The fourth-order valence-electron chi connectivity index (χ4n) is 4.06. The third-order valence-electron chi connectivity index (χ3n) is 5.68. The lowest BCUT2D eigenvalue weighted by atomic mass is 9.84. The fourth-order valence-corrected chi connectivity index (χ4v) is 4.06. The number of anilines is 2. The Balaban J connectivity index is 1.42. The number of rotatable bonds is 4. The van der Waals surface area contributed by atoms with Crippen molar-refractivity contribution in [3.63, 3.8) is 0 Å². The Labute approximate surface area is 149 Å². The van der Waals surface area contributed by atoms with E-state index in [1.165, 1.54) is 25.8 Å². The summed E-state index contributed by atoms with van der Waals surface area (Å²) in [6.45, 7) is 7.62. The molecular formula is C19H28N6. The number of nitrogen functional groups attached to an aromatic ring is 1. The van der Waals surface area contributed by atoms with Gasteiger partial charge in [0.05, 0.1) is 5.39 Å². The predicted molar refractivity (Wildman–Crippen MR) is 102 cm³/mol. The van der Waals surface area contributed by atoms with Gasteiger partial charge in [0.15, 0.2) is 5.65 Å². The number of piperidine rings is 1. The van der Waals surface area contributed by atoms with E-state index in [1.807, 2.05) is 19.9 Å². The topological polar surface area (TPSA) is 80.0 Å². The summed E-state index contributed by atoms with van der Waals surface area (Å²) in [4.78, 5) is 16.2. The van der Waals surface area contributed by atoms with E-state index < -0.39 is 0 Å². The van der Waals surface area contributed by atoms with Gasteiger partial charge in [-0.2, -0.15) is 9.97 Å². The van der Waals surface area contributed by atoms with Crippen LogP contribution in [0.25, 0.3) is 11.0 Å². The predicted octanol–water partition coefficient (Wildman–Crippen LogP) is 2.90. The molecule has 25 heavy (non-hydrogen) atoms. The molecule has 3 N–H and O–H groups in total. The van der Waals surface area contributed by atoms with Gasteiger partial charge >= 0.3 is 0 Å². The molecule has 1 aliphatic heterocycles. The molecule has 2 aromatic heterocycles. The lowest BCUT2D eigenvalue weighted by Gasteiger charge is -2.37. The van der Waals surface area contributed by atoms with Crippen LogP contribution in [-0.2, 0) is 0 Å². The average Bonchev–Trinajstić information content (AvgIpc) is 2.51. The normalized spacial score (nSPS) is 19.9. The zero-order chi connectivity index (χ0) is 17.4. The van der Waals surface area contributed by atoms with E-state index in [-0.39, 0.29) is 0 Å². The van der Waals surface area contributed by atoms with E-state index in [9.17, 15) is 0 Å². The van der Waals surface area contributed by atoms with Gasteiger partial charge in [-0.1, -0.05) is 6.42 Å². The van der Waals surface area contributed by atoms with Crippen LogP contribution in [0.1, 0.15) is 43.4 Å². The lowest BCUT2D eigenvalue weighted by Crippen LogP contribution is -2.42. The molecule has 134 valence electrons. The Hall–Kier alpha value is -1.95. The Morgan fingerprint density at radius 1 is 1.12 bits per heavy atom. The van der Waals surface area contributed by atoms with Crippen LogP contribution in [0.2, 0.25) is 0 Å². The maximum atomic E-state index is 6.17. The molecule has 6 nitrogen and oxygen atoms in total. The van der Waals surface area contributed by atoms with Crippen molar-refractivity contribution in [3.8, 4) is 0 Å². The van der Waals surface area contributed by atoms with Crippen LogP contribution in [0.4, 0.5) is 11.8 Å². The summed E-state index contributed by atoms with van der Waals surface area (Å²) in [6.07, 6.45) is 6.54. The first kappa shape index (κ1) is 16.5. The Kier molecular flexibility index (Phi) is 4.46. The molecule has 0 atom stereocenters. The van der Waals surface area contributed by atoms with Crippen LogP contribution in [0, 0.1) is 19.8 Å². The molecule has 2 aliphatic rings. The molecule has 2 aromatic rings. The van der Waals surface area contributed by atoms with Gasteiger partial charge in [-0.15, -0.1) is 0 Å². The highest BCUT2D eigenvalue weighted by molar-refractivity contribution is 5.89. The summed E-state index contributed by atoms with van der Waals surface area (Å²) in [5.74, 6) is 2.07. The van der Waals surface area contributed by atoms with Gasteiger partial charge in [0.2, 0.25) is 5.95 Å². The van der Waals surface area contributed by atoms with E-state index in [0.717, 1.165) is 48.5 Å². The third-order valence-corrected chi connectivity index (χ3v) is 5.68. The smallest absolute Gasteiger partial charge is 0.226 e. The molecule has 0 unspecified atom stereocenters. The van der Waals surface area contributed by atoms with E-state index in [0.29, 0.717) is 23.5 Å². The summed E-state index contributed by atoms with van der Waals surface area (Å²) in [6, 6.07) is 2.44. The third kappa shape index (κ3) is 3.54. The molecule has 1 aliphatic carbocycles. The van der Waals surface area contributed by atoms with Crippen LogP contribution in [0.3, 0.4) is 0 Å². The zero-order valence-electron chi connectivity index (χ0n) is 15.3. The summed E-state index contributed by atoms with van der Waals surface area (Å²) in [5, 5.41) is 4.35. The second kappa shape index (κ2) is 6.75. The lowest BCUT2D eigenvalue weighted by molar-refractivity contribution is 0.150. The van der Waals surface area contributed by atoms with Gasteiger partial charge in [-0.05, 0) is 57.1 Å². The highest BCUT2D eigenvalue weighted by atomic mass is 15.2. The fraction of sp³-hybridized carbons (Fsp3) is 0.632. The minimum atomic E-state index is 0.417. The summed E-state index contributed by atoms with van der Waals surface area (Å²) in [5.41, 5.74) is 8.90. The number of pyridine rings is 1. The average molecular weight is 340 g/mol. The number of fused-ring (bicyclic) bond motifs is 1. The molecular weight excluding hydrogens is 312 g/mol. The summed E-state index contributed by atoms with van der Waals surface area (Å²) < 4.78 is 0. The minimum absolute atomic E-state index is 0.417. The van der Waals surface area contributed by atoms with Crippen LogP contribution < -0.4 is 11.1 Å². The van der Waals surface area contributed by atoms with Crippen LogP contribution in [0.5, 0.6) is 0 Å². The first-order valence-electron chi connectivity index (χ1n) is 9.49. The van der Waals surface area contributed by atoms with Crippen LogP contribution >= 0.6 is 0 Å². The number of hydrogen-bond donors (Lipinski definition) is 2. The van der Waals surface area contributed by atoms with Crippen molar-refractivity contribution in [2.45, 2.75) is 52.0 Å². The second-order valence-corrected chi connectivity index (χ2v) is 7.73. The van der Waals surface area contributed by atoms with Gasteiger partial charge in [-0.25, -0.2) is 4.98 Å². The second-order valence-electron chi connectivity index (χ2n) is 7.73. The first-order chi connectivity index (χ1) is 12.1. The molecule has 4 rings (SSSR count). The van der Waals surface area contributed by atoms with Crippen molar-refractivity contribution in [2.24, 2.45) is 5.92 Å². The maximum Gasteiger partial charge on any atom is 0.226 e. The monoisotopic (exact) mass is 340 g/mol. The van der Waals surface area contributed by atoms with E-state index in [4.69, 9.17) is 5.73 Å². The molecule has 0 bridgehead atoms. The van der Waals surface area contributed by atoms with Crippen LogP contribution in [-0.4, -0.2) is 45.5 Å². The minimum Gasteiger partial charge on any atom is -0.383 e. The van der Waals surface area contributed by atoms with Crippen molar-refractivity contribution in [3.05, 3.63) is 17.3 Å². The number of aromatic nitrogens is 3. The van der Waals surface area contributed by atoms with E-state index in [1.54, 1.807) is 0 Å². The van der Waals surface area contributed by atoms with E-state index >= 15 is 0 Å². The number of nitrogens with one attached hydrogen (secondary N) is 1. The first-order valence-corrected chi connectivity index (χ1v) is 9.49. The van der Waals surface area contributed by atoms with Gasteiger partial charge < -0.3 is 16.0 Å². The largest absolute Gasteiger partial charge is 0.383 e. The molecule has 0 aromatic carbocycles. The Morgan fingerprint density at radius 3 is 2.56 bits per heavy atom. The van der Waals surface area contributed by atoms with Gasteiger partial charge in [0, 0.05) is 31.4 Å². The van der Waals surface area contributed by atoms with Gasteiger partial charge in [0.1, 0.15) is 5.82 Å². The molecule has 6 heteroatoms. The van der Waals surface area contributed by atoms with Crippen molar-refractivity contribution in [2.75, 3.05) is 30.7 Å². The molecule has 0 spiro atoms. The summed E-state index contributed by atoms with van der Waals surface area (Å²) >= 11 is 0. The highest BCUT2D eigenvalue weighted by Crippen LogP contribution is 2.28. The number of nitrogens with two attached hydrogens (primary N) is 1. The SMILES string of the molecule is Cc1cc(C)c2c(N)nc(NC3CCN(CC4CCC4)CC3)nc2n1. The quantitative estimate of drug-likeness (QED) is 0.891. The number of likely N-dealkylation sites (tertiary alicyclic amines) is 1. The van der Waals surface area contributed by atoms with E-state index in [2.05, 4.69) is 25.2 Å². The van der Waals surface area contributed by atoms with Crippen molar-refractivity contribution < 1.29 is 0 Å². The van der Waals surface area contributed by atoms with Gasteiger partial charge in [-0.3, -0.25) is 0 Å². The maximum absolute atomic E-state index is 6.17. The molecule has 1 saturated carbocycles. The number of aryl methyl sites for hydroxylation is 2. The molecule has 2 fully saturated rings. The van der Waals surface area contributed by atoms with Crippen molar-refractivity contribution >= 4 is 22.8 Å². The van der Waals surface area contributed by atoms with Gasteiger partial charge in [0.25, 0.3) is 0 Å². The van der Waals surface area contributed by atoms with Crippen LogP contribution in [0.15, 0.2) is 6.07 Å².